The molecule has 1 fully saturated rings. The number of hydrogen-bond donors (Lipinski definition) is 2. The van der Waals surface area contributed by atoms with Crippen molar-refractivity contribution in [2.75, 3.05) is 42.9 Å². The number of pyridine rings is 1. The van der Waals surface area contributed by atoms with Gasteiger partial charge < -0.3 is 15.1 Å². The van der Waals surface area contributed by atoms with Gasteiger partial charge in [-0.3, -0.25) is 10.1 Å². The monoisotopic (exact) mass is 347 g/mol. The molecule has 3 heterocycles. The molecule has 0 atom stereocenters. The molecule has 0 radical (unpaired) electrons. The molecule has 9 nitrogen and oxygen atoms in total. The fraction of sp³-hybridized carbons (Fsp3) is 0.357. The van der Waals surface area contributed by atoms with Crippen LogP contribution in [0.5, 0.6) is 0 Å². The lowest BCUT2D eigenvalue weighted by Gasteiger charge is -2.35. The van der Waals surface area contributed by atoms with E-state index >= 15 is 0 Å². The molecule has 2 aromatic rings. The van der Waals surface area contributed by atoms with Gasteiger partial charge in [0.2, 0.25) is 11.0 Å². The molecule has 1 aliphatic heterocycles. The van der Waals surface area contributed by atoms with Crippen molar-refractivity contribution >= 4 is 34.2 Å². The molecule has 2 N–H and O–H groups in total. The highest BCUT2D eigenvalue weighted by molar-refractivity contribution is 7.13. The maximum atomic E-state index is 12.1. The van der Waals surface area contributed by atoms with Gasteiger partial charge in [0.05, 0.1) is 6.54 Å². The lowest BCUT2D eigenvalue weighted by molar-refractivity contribution is -0.115. The van der Waals surface area contributed by atoms with Crippen LogP contribution < -0.4 is 15.5 Å². The number of piperazine rings is 1. The van der Waals surface area contributed by atoms with Crippen molar-refractivity contribution < 1.29 is 9.59 Å². The summed E-state index contributed by atoms with van der Waals surface area (Å²) in [6.07, 6.45) is 1.75. The molecular weight excluding hydrogens is 330 g/mol. The van der Waals surface area contributed by atoms with Gasteiger partial charge >= 0.3 is 6.03 Å². The number of nitrogens with zero attached hydrogens (tertiary/aromatic N) is 5. The molecule has 1 saturated heterocycles. The summed E-state index contributed by atoms with van der Waals surface area (Å²) in [5.41, 5.74) is 1.52. The third-order valence-corrected chi connectivity index (χ3v) is 4.15. The molecule has 0 unspecified atom stereocenters. The summed E-state index contributed by atoms with van der Waals surface area (Å²) >= 11 is 1.22. The number of anilines is 2. The lowest BCUT2D eigenvalue weighted by Crippen LogP contribution is -2.52. The van der Waals surface area contributed by atoms with E-state index in [0.29, 0.717) is 31.3 Å². The average Bonchev–Trinajstić information content (AvgIpc) is 3.13. The van der Waals surface area contributed by atoms with Crippen molar-refractivity contribution in [2.45, 2.75) is 0 Å². The van der Waals surface area contributed by atoms with E-state index < -0.39 is 0 Å². The van der Waals surface area contributed by atoms with E-state index in [1.807, 2.05) is 18.2 Å². The second-order valence-electron chi connectivity index (χ2n) is 5.11. The third-order valence-electron chi connectivity index (χ3n) is 3.55. The van der Waals surface area contributed by atoms with Gasteiger partial charge in [0.25, 0.3) is 0 Å². The molecule has 2 aromatic heterocycles. The van der Waals surface area contributed by atoms with Gasteiger partial charge in [-0.15, -0.1) is 10.2 Å². The van der Waals surface area contributed by atoms with Gasteiger partial charge in [0.1, 0.15) is 11.3 Å². The van der Waals surface area contributed by atoms with Crippen LogP contribution in [0.15, 0.2) is 29.9 Å². The normalized spacial score (nSPS) is 14.3. The van der Waals surface area contributed by atoms with Gasteiger partial charge in [-0.25, -0.2) is 9.78 Å². The summed E-state index contributed by atoms with van der Waals surface area (Å²) in [6, 6.07) is 5.52. The van der Waals surface area contributed by atoms with E-state index in [9.17, 15) is 9.59 Å². The van der Waals surface area contributed by atoms with Gasteiger partial charge in [-0.2, -0.15) is 0 Å². The minimum atomic E-state index is -0.327. The Morgan fingerprint density at radius 3 is 2.71 bits per heavy atom. The minimum absolute atomic E-state index is 0.0983. The first kappa shape index (κ1) is 16.1. The maximum Gasteiger partial charge on any atom is 0.317 e. The number of hydrogen-bond acceptors (Lipinski definition) is 7. The first-order chi connectivity index (χ1) is 11.7. The SMILES string of the molecule is O=C(CNC(=O)N1CCN(c2ccccn2)CC1)Nc1nncs1. The number of nitrogens with one attached hydrogen (secondary N) is 2. The molecule has 1 aliphatic rings. The lowest BCUT2D eigenvalue weighted by atomic mass is 10.3. The highest BCUT2D eigenvalue weighted by atomic mass is 32.1. The number of carbonyl (C=O) groups excluding carboxylic acids is 2. The van der Waals surface area contributed by atoms with Crippen LogP contribution >= 0.6 is 11.3 Å². The van der Waals surface area contributed by atoms with E-state index in [-0.39, 0.29) is 18.5 Å². The maximum absolute atomic E-state index is 12.1. The Hall–Kier alpha value is -2.75. The van der Waals surface area contributed by atoms with E-state index in [1.54, 1.807) is 11.1 Å². The smallest absolute Gasteiger partial charge is 0.317 e. The molecule has 0 bridgehead atoms. The number of carbonyl (C=O) groups is 2. The summed E-state index contributed by atoms with van der Waals surface area (Å²) in [5.74, 6) is 0.584. The fourth-order valence-corrected chi connectivity index (χ4v) is 2.80. The molecule has 0 saturated carbocycles. The molecule has 10 heteroatoms. The zero-order valence-electron chi connectivity index (χ0n) is 12.9. The van der Waals surface area contributed by atoms with Crippen LogP contribution in [-0.4, -0.2) is 64.7 Å². The largest absolute Gasteiger partial charge is 0.353 e. The first-order valence-electron chi connectivity index (χ1n) is 7.47. The minimum Gasteiger partial charge on any atom is -0.353 e. The summed E-state index contributed by atoms with van der Waals surface area (Å²) in [5, 5.41) is 12.9. The predicted octanol–water partition coefficient (Wildman–Crippen LogP) is 0.403. The molecule has 3 amide bonds. The van der Waals surface area contributed by atoms with Gasteiger partial charge in [0, 0.05) is 32.4 Å². The standard InChI is InChI=1S/C14H17N7O2S/c22-12(18-13-19-17-10-24-13)9-16-14(23)21-7-5-20(6-8-21)11-3-1-2-4-15-11/h1-4,10H,5-9H2,(H,16,23)(H,18,19,22). The quantitative estimate of drug-likeness (QED) is 0.830. The Bertz CT molecular complexity index is 672. The third kappa shape index (κ3) is 4.16. The van der Waals surface area contributed by atoms with E-state index in [2.05, 4.69) is 30.7 Å². The van der Waals surface area contributed by atoms with Crippen LogP contribution in [0.2, 0.25) is 0 Å². The molecule has 3 rings (SSSR count). The van der Waals surface area contributed by atoms with Crippen molar-refractivity contribution in [3.8, 4) is 0 Å². The van der Waals surface area contributed by atoms with Crippen LogP contribution in [0.3, 0.4) is 0 Å². The van der Waals surface area contributed by atoms with Crippen molar-refractivity contribution in [1.82, 2.24) is 25.4 Å². The molecular formula is C14H17N7O2S. The van der Waals surface area contributed by atoms with E-state index in [0.717, 1.165) is 5.82 Å². The summed E-state index contributed by atoms with van der Waals surface area (Å²) < 4.78 is 0. The molecule has 0 spiro atoms. The Balaban J connectivity index is 1.41. The Kier molecular flexibility index (Phi) is 5.16. The molecule has 0 aromatic carbocycles. The topological polar surface area (TPSA) is 103 Å². The van der Waals surface area contributed by atoms with Crippen molar-refractivity contribution in [3.63, 3.8) is 0 Å². The average molecular weight is 347 g/mol. The van der Waals surface area contributed by atoms with Crippen molar-refractivity contribution in [3.05, 3.63) is 29.9 Å². The zero-order chi connectivity index (χ0) is 16.8. The Morgan fingerprint density at radius 1 is 1.21 bits per heavy atom. The number of urea groups is 1. The molecule has 0 aliphatic carbocycles. The van der Waals surface area contributed by atoms with Gasteiger partial charge in [-0.1, -0.05) is 17.4 Å². The number of rotatable bonds is 4. The molecule has 126 valence electrons. The Labute approximate surface area is 142 Å². The second kappa shape index (κ2) is 7.68. The molecule has 24 heavy (non-hydrogen) atoms. The summed E-state index contributed by atoms with van der Waals surface area (Å²) in [7, 11) is 0. The van der Waals surface area contributed by atoms with Crippen molar-refractivity contribution in [1.29, 1.82) is 0 Å². The predicted molar refractivity (Wildman–Crippen MR) is 90.0 cm³/mol. The van der Waals surface area contributed by atoms with Crippen LogP contribution in [0, 0.1) is 0 Å². The van der Waals surface area contributed by atoms with Crippen LogP contribution in [0.1, 0.15) is 0 Å². The van der Waals surface area contributed by atoms with Gasteiger partial charge in [-0.05, 0) is 12.1 Å². The van der Waals surface area contributed by atoms with Crippen LogP contribution in [0.25, 0.3) is 0 Å². The highest BCUT2D eigenvalue weighted by Crippen LogP contribution is 2.12. The fourth-order valence-electron chi connectivity index (χ4n) is 2.34. The number of aromatic nitrogens is 3. The van der Waals surface area contributed by atoms with E-state index in [4.69, 9.17) is 0 Å². The van der Waals surface area contributed by atoms with E-state index in [1.165, 1.54) is 16.8 Å². The van der Waals surface area contributed by atoms with Crippen molar-refractivity contribution in [2.24, 2.45) is 0 Å². The first-order valence-corrected chi connectivity index (χ1v) is 8.35. The highest BCUT2D eigenvalue weighted by Gasteiger charge is 2.22. The van der Waals surface area contributed by atoms with Crippen LogP contribution in [0.4, 0.5) is 15.7 Å². The van der Waals surface area contributed by atoms with Gasteiger partial charge in [0.15, 0.2) is 0 Å². The number of amides is 3. The second-order valence-corrected chi connectivity index (χ2v) is 5.95. The van der Waals surface area contributed by atoms with Crippen LogP contribution in [-0.2, 0) is 4.79 Å². The summed E-state index contributed by atoms with van der Waals surface area (Å²) in [6.45, 7) is 2.49. The zero-order valence-corrected chi connectivity index (χ0v) is 13.7. The summed E-state index contributed by atoms with van der Waals surface area (Å²) in [4.78, 5) is 32.0. The Morgan fingerprint density at radius 2 is 2.04 bits per heavy atom.